The van der Waals surface area contributed by atoms with Gasteiger partial charge in [-0.05, 0) is 24.0 Å². The first-order chi connectivity index (χ1) is 7.61. The number of rotatable bonds is 2. The molecule has 1 aliphatic carbocycles. The molecule has 1 unspecified atom stereocenters. The third kappa shape index (κ3) is 1.04. The number of aliphatic hydroxyl groups excluding tert-OH is 1. The summed E-state index contributed by atoms with van der Waals surface area (Å²) in [6.07, 6.45) is 4.88. The molecule has 0 aliphatic heterocycles. The SMILES string of the molecule is CC1(C)CC1(CO)c1cnn2ccccc12. The standard InChI is InChI=1S/C13H16N2O/c1-12(2)8-13(12,9-16)10-7-14-15-6-4-3-5-11(10)15/h3-7,16H,8-9H2,1-2H3. The summed E-state index contributed by atoms with van der Waals surface area (Å²) in [5, 5.41) is 14.0. The molecule has 3 heteroatoms. The highest BCUT2D eigenvalue weighted by molar-refractivity contribution is 5.60. The van der Waals surface area contributed by atoms with E-state index in [2.05, 4.69) is 25.0 Å². The molecular formula is C13H16N2O. The van der Waals surface area contributed by atoms with Crippen LogP contribution in [-0.2, 0) is 5.41 Å². The zero-order valence-electron chi connectivity index (χ0n) is 9.64. The molecule has 1 fully saturated rings. The number of fused-ring (bicyclic) bond motifs is 1. The Kier molecular flexibility index (Phi) is 1.76. The lowest BCUT2D eigenvalue weighted by Crippen LogP contribution is -2.18. The Labute approximate surface area is 94.7 Å². The third-order valence-electron chi connectivity index (χ3n) is 4.13. The van der Waals surface area contributed by atoms with Crippen LogP contribution in [0.3, 0.4) is 0 Å². The van der Waals surface area contributed by atoms with Crippen LogP contribution in [0.15, 0.2) is 30.6 Å². The van der Waals surface area contributed by atoms with E-state index < -0.39 is 0 Å². The summed E-state index contributed by atoms with van der Waals surface area (Å²) in [7, 11) is 0. The smallest absolute Gasteiger partial charge is 0.0700 e. The summed E-state index contributed by atoms with van der Waals surface area (Å²) in [6, 6.07) is 6.04. The summed E-state index contributed by atoms with van der Waals surface area (Å²) in [4.78, 5) is 0. The summed E-state index contributed by atoms with van der Waals surface area (Å²) >= 11 is 0. The van der Waals surface area contributed by atoms with Crippen LogP contribution in [0.2, 0.25) is 0 Å². The van der Waals surface area contributed by atoms with Crippen LogP contribution in [0.5, 0.6) is 0 Å². The van der Waals surface area contributed by atoms with Crippen LogP contribution < -0.4 is 0 Å². The maximum atomic E-state index is 9.69. The minimum Gasteiger partial charge on any atom is -0.395 e. The van der Waals surface area contributed by atoms with E-state index in [1.165, 1.54) is 5.56 Å². The summed E-state index contributed by atoms with van der Waals surface area (Å²) in [5.41, 5.74) is 2.39. The number of nitrogens with zero attached hydrogens (tertiary/aromatic N) is 2. The highest BCUT2D eigenvalue weighted by atomic mass is 16.3. The monoisotopic (exact) mass is 216 g/mol. The highest BCUT2D eigenvalue weighted by Crippen LogP contribution is 2.64. The van der Waals surface area contributed by atoms with Crippen LogP contribution in [0.4, 0.5) is 0 Å². The van der Waals surface area contributed by atoms with E-state index in [0.29, 0.717) is 0 Å². The van der Waals surface area contributed by atoms with Gasteiger partial charge in [0, 0.05) is 17.2 Å². The fourth-order valence-corrected chi connectivity index (χ4v) is 2.83. The van der Waals surface area contributed by atoms with Gasteiger partial charge >= 0.3 is 0 Å². The topological polar surface area (TPSA) is 37.5 Å². The Morgan fingerprint density at radius 2 is 2.19 bits per heavy atom. The molecule has 1 aliphatic rings. The lowest BCUT2D eigenvalue weighted by molar-refractivity contribution is 0.232. The van der Waals surface area contributed by atoms with Crippen molar-refractivity contribution in [1.82, 2.24) is 9.61 Å². The van der Waals surface area contributed by atoms with Gasteiger partial charge in [-0.25, -0.2) is 4.52 Å². The van der Waals surface area contributed by atoms with E-state index >= 15 is 0 Å². The average Bonchev–Trinajstić information content (AvgIpc) is 2.67. The molecule has 3 rings (SSSR count). The minimum atomic E-state index is -0.0872. The van der Waals surface area contributed by atoms with E-state index in [9.17, 15) is 5.11 Å². The second-order valence-electron chi connectivity index (χ2n) is 5.39. The zero-order chi connectivity index (χ0) is 11.4. The number of hydrogen-bond donors (Lipinski definition) is 1. The molecular weight excluding hydrogens is 200 g/mol. The minimum absolute atomic E-state index is 0.0872. The van der Waals surface area contributed by atoms with Gasteiger partial charge in [-0.3, -0.25) is 0 Å². The molecule has 84 valence electrons. The number of hydrogen-bond acceptors (Lipinski definition) is 2. The number of aliphatic hydroxyl groups is 1. The molecule has 1 N–H and O–H groups in total. The maximum Gasteiger partial charge on any atom is 0.0700 e. The molecule has 3 nitrogen and oxygen atoms in total. The lowest BCUT2D eigenvalue weighted by Gasteiger charge is -2.16. The van der Waals surface area contributed by atoms with Crippen LogP contribution in [-0.4, -0.2) is 21.3 Å². The van der Waals surface area contributed by atoms with Gasteiger partial charge in [0.15, 0.2) is 0 Å². The maximum absolute atomic E-state index is 9.69. The van der Waals surface area contributed by atoms with Gasteiger partial charge in [0.25, 0.3) is 0 Å². The summed E-state index contributed by atoms with van der Waals surface area (Å²) < 4.78 is 1.88. The van der Waals surface area contributed by atoms with Gasteiger partial charge in [0.05, 0.1) is 18.3 Å². The molecule has 0 amide bonds. The van der Waals surface area contributed by atoms with Gasteiger partial charge in [0.1, 0.15) is 0 Å². The molecule has 16 heavy (non-hydrogen) atoms. The first-order valence-corrected chi connectivity index (χ1v) is 5.64. The molecule has 1 atom stereocenters. The fraction of sp³-hybridized carbons (Fsp3) is 0.462. The van der Waals surface area contributed by atoms with E-state index in [0.717, 1.165) is 11.9 Å². The average molecular weight is 216 g/mol. The predicted octanol–water partition coefficient (Wildman–Crippen LogP) is 1.99. The molecule has 0 bridgehead atoms. The first kappa shape index (κ1) is 9.85. The Hall–Kier alpha value is -1.35. The van der Waals surface area contributed by atoms with E-state index in [-0.39, 0.29) is 17.4 Å². The highest BCUT2D eigenvalue weighted by Gasteiger charge is 2.62. The Morgan fingerprint density at radius 1 is 1.44 bits per heavy atom. The number of pyridine rings is 1. The molecule has 2 aromatic rings. The fourth-order valence-electron chi connectivity index (χ4n) is 2.83. The molecule has 0 aromatic carbocycles. The van der Waals surface area contributed by atoms with E-state index in [1.807, 2.05) is 29.0 Å². The molecule has 0 radical (unpaired) electrons. The van der Waals surface area contributed by atoms with E-state index in [4.69, 9.17) is 0 Å². The Balaban J connectivity index is 2.20. The lowest BCUT2D eigenvalue weighted by atomic mass is 9.89. The quantitative estimate of drug-likeness (QED) is 0.833. The van der Waals surface area contributed by atoms with Crippen molar-refractivity contribution < 1.29 is 5.11 Å². The van der Waals surface area contributed by atoms with Crippen molar-refractivity contribution >= 4 is 5.52 Å². The summed E-state index contributed by atoms with van der Waals surface area (Å²) in [5.74, 6) is 0. The largest absolute Gasteiger partial charge is 0.395 e. The van der Waals surface area contributed by atoms with Gasteiger partial charge in [-0.15, -0.1) is 0 Å². The van der Waals surface area contributed by atoms with Gasteiger partial charge in [-0.2, -0.15) is 5.10 Å². The predicted molar refractivity (Wildman–Crippen MR) is 62.4 cm³/mol. The molecule has 2 heterocycles. The van der Waals surface area contributed by atoms with Crippen molar-refractivity contribution in [3.8, 4) is 0 Å². The van der Waals surface area contributed by atoms with Gasteiger partial charge in [0.2, 0.25) is 0 Å². The molecule has 0 spiro atoms. The van der Waals surface area contributed by atoms with Crippen molar-refractivity contribution in [2.24, 2.45) is 5.41 Å². The first-order valence-electron chi connectivity index (χ1n) is 5.64. The molecule has 2 aromatic heterocycles. The van der Waals surface area contributed by atoms with Crippen LogP contribution in [0, 0.1) is 5.41 Å². The third-order valence-corrected chi connectivity index (χ3v) is 4.13. The van der Waals surface area contributed by atoms with Crippen molar-refractivity contribution in [2.45, 2.75) is 25.7 Å². The van der Waals surface area contributed by atoms with Gasteiger partial charge in [-0.1, -0.05) is 19.9 Å². The van der Waals surface area contributed by atoms with Crippen molar-refractivity contribution in [3.63, 3.8) is 0 Å². The second-order valence-corrected chi connectivity index (χ2v) is 5.39. The zero-order valence-corrected chi connectivity index (χ0v) is 9.64. The van der Waals surface area contributed by atoms with Crippen molar-refractivity contribution in [3.05, 3.63) is 36.2 Å². The number of aromatic nitrogens is 2. The second kappa shape index (κ2) is 2.86. The van der Waals surface area contributed by atoms with Gasteiger partial charge < -0.3 is 5.11 Å². The normalized spacial score (nSPS) is 27.2. The van der Waals surface area contributed by atoms with Crippen LogP contribution in [0.25, 0.3) is 5.52 Å². The van der Waals surface area contributed by atoms with Crippen molar-refractivity contribution in [1.29, 1.82) is 0 Å². The Morgan fingerprint density at radius 3 is 2.81 bits per heavy atom. The Bertz CT molecular complexity index is 544. The molecule has 1 saturated carbocycles. The molecule has 0 saturated heterocycles. The van der Waals surface area contributed by atoms with Crippen molar-refractivity contribution in [2.75, 3.05) is 6.61 Å². The van der Waals surface area contributed by atoms with E-state index in [1.54, 1.807) is 0 Å². The van der Waals surface area contributed by atoms with Crippen LogP contribution >= 0.6 is 0 Å². The summed E-state index contributed by atoms with van der Waals surface area (Å²) in [6.45, 7) is 4.61. The van der Waals surface area contributed by atoms with Crippen LogP contribution in [0.1, 0.15) is 25.8 Å².